The lowest BCUT2D eigenvalue weighted by Gasteiger charge is -2.29. The van der Waals surface area contributed by atoms with Crippen molar-refractivity contribution in [2.24, 2.45) is 0 Å². The number of hydrogen-bond acceptors (Lipinski definition) is 3. The van der Waals surface area contributed by atoms with Crippen LogP contribution in [0.4, 0.5) is 9.59 Å². The number of benzene rings is 1. The molecule has 0 bridgehead atoms. The Labute approximate surface area is 165 Å². The highest BCUT2D eigenvalue weighted by atomic mass is 16.2. The van der Waals surface area contributed by atoms with Crippen molar-refractivity contribution < 1.29 is 9.59 Å². The molecule has 1 aliphatic heterocycles. The zero-order valence-corrected chi connectivity index (χ0v) is 16.7. The number of carbonyl (C=O) groups excluding carboxylic acids is 2. The van der Waals surface area contributed by atoms with Crippen molar-refractivity contribution in [1.29, 1.82) is 0 Å². The smallest absolute Gasteiger partial charge is 0.319 e. The molecule has 0 aliphatic carbocycles. The Morgan fingerprint density at radius 2 is 1.96 bits per heavy atom. The van der Waals surface area contributed by atoms with Crippen LogP contribution in [0.3, 0.4) is 0 Å². The molecule has 2 heterocycles. The third-order valence-electron chi connectivity index (χ3n) is 4.85. The molecule has 1 atom stereocenters. The molecular formula is C20H28N6O2. The minimum Gasteiger partial charge on any atom is -0.332 e. The van der Waals surface area contributed by atoms with E-state index in [9.17, 15) is 9.59 Å². The Balaban J connectivity index is 1.54. The lowest BCUT2D eigenvalue weighted by molar-refractivity contribution is 0.155. The minimum absolute atomic E-state index is 0.00183. The molecule has 3 rings (SSSR count). The fraction of sp³-hybridized carbons (Fsp3) is 0.450. The van der Waals surface area contributed by atoms with Gasteiger partial charge in [0, 0.05) is 20.6 Å². The second kappa shape index (κ2) is 8.77. The van der Waals surface area contributed by atoms with Crippen LogP contribution in [0.1, 0.15) is 36.3 Å². The number of aromatic nitrogens is 2. The number of nitrogens with one attached hydrogen (secondary N) is 2. The quantitative estimate of drug-likeness (QED) is 0.830. The summed E-state index contributed by atoms with van der Waals surface area (Å²) in [6.07, 6.45) is 0.811. The fourth-order valence-electron chi connectivity index (χ4n) is 3.34. The van der Waals surface area contributed by atoms with Gasteiger partial charge in [0.05, 0.1) is 37.1 Å². The minimum atomic E-state index is -0.217. The van der Waals surface area contributed by atoms with Crippen molar-refractivity contribution in [3.8, 4) is 0 Å². The molecule has 0 unspecified atom stereocenters. The number of carbonyl (C=O) groups is 2. The second-order valence-corrected chi connectivity index (χ2v) is 7.15. The molecule has 0 saturated heterocycles. The lowest BCUT2D eigenvalue weighted by Crippen LogP contribution is -2.43. The highest BCUT2D eigenvalue weighted by Crippen LogP contribution is 2.16. The summed E-state index contributed by atoms with van der Waals surface area (Å²) in [7, 11) is 3.50. The van der Waals surface area contributed by atoms with Gasteiger partial charge in [0.2, 0.25) is 0 Å². The van der Waals surface area contributed by atoms with Gasteiger partial charge in [-0.25, -0.2) is 9.59 Å². The molecule has 0 fully saturated rings. The van der Waals surface area contributed by atoms with Gasteiger partial charge in [-0.15, -0.1) is 0 Å². The summed E-state index contributed by atoms with van der Waals surface area (Å²) in [5.41, 5.74) is 2.86. The molecule has 28 heavy (non-hydrogen) atoms. The van der Waals surface area contributed by atoms with Gasteiger partial charge < -0.3 is 20.4 Å². The highest BCUT2D eigenvalue weighted by Gasteiger charge is 2.23. The summed E-state index contributed by atoms with van der Waals surface area (Å²) in [6, 6.07) is 11.6. The van der Waals surface area contributed by atoms with Crippen LogP contribution in [0.25, 0.3) is 0 Å². The summed E-state index contributed by atoms with van der Waals surface area (Å²) in [6.45, 7) is 4.21. The van der Waals surface area contributed by atoms with E-state index in [0.717, 1.165) is 23.4 Å². The summed E-state index contributed by atoms with van der Waals surface area (Å²) < 4.78 is 1.91. The van der Waals surface area contributed by atoms with E-state index in [0.29, 0.717) is 26.2 Å². The Bertz CT molecular complexity index is 817. The Morgan fingerprint density at radius 3 is 2.64 bits per heavy atom. The van der Waals surface area contributed by atoms with Crippen molar-refractivity contribution in [1.82, 2.24) is 30.2 Å². The SMILES string of the molecule is CC[C@H](NC(=O)NCc1cc2n(n1)CCN(C(=O)N(C)C)C2)c1ccccc1. The zero-order valence-electron chi connectivity index (χ0n) is 16.7. The fourth-order valence-corrected chi connectivity index (χ4v) is 3.34. The van der Waals surface area contributed by atoms with Crippen LogP contribution < -0.4 is 10.6 Å². The summed E-state index contributed by atoms with van der Waals surface area (Å²) in [4.78, 5) is 27.8. The van der Waals surface area contributed by atoms with Gasteiger partial charge in [0.15, 0.2) is 0 Å². The first-order valence-corrected chi connectivity index (χ1v) is 9.59. The van der Waals surface area contributed by atoms with Crippen LogP contribution in [-0.4, -0.2) is 52.3 Å². The van der Waals surface area contributed by atoms with Crippen LogP contribution in [0, 0.1) is 0 Å². The van der Waals surface area contributed by atoms with E-state index in [-0.39, 0.29) is 18.1 Å². The first-order chi connectivity index (χ1) is 13.5. The summed E-state index contributed by atoms with van der Waals surface area (Å²) in [5, 5.41) is 10.4. The number of rotatable bonds is 5. The van der Waals surface area contributed by atoms with Crippen LogP contribution in [0.2, 0.25) is 0 Å². The van der Waals surface area contributed by atoms with Gasteiger partial charge in [-0.2, -0.15) is 5.10 Å². The maximum absolute atomic E-state index is 12.3. The summed E-state index contributed by atoms with van der Waals surface area (Å²) >= 11 is 0. The van der Waals surface area contributed by atoms with E-state index in [1.54, 1.807) is 23.9 Å². The molecule has 1 aromatic carbocycles. The maximum Gasteiger partial charge on any atom is 0.319 e. The zero-order chi connectivity index (χ0) is 20.1. The number of amides is 4. The van der Waals surface area contributed by atoms with E-state index in [1.165, 1.54) is 0 Å². The molecule has 0 spiro atoms. The van der Waals surface area contributed by atoms with Crippen molar-refractivity contribution in [3.05, 3.63) is 53.3 Å². The molecule has 1 aliphatic rings. The molecule has 0 saturated carbocycles. The Hall–Kier alpha value is -3.03. The van der Waals surface area contributed by atoms with E-state index in [1.807, 2.05) is 48.0 Å². The molecule has 4 amide bonds. The van der Waals surface area contributed by atoms with Crippen molar-refractivity contribution in [3.63, 3.8) is 0 Å². The molecule has 8 heteroatoms. The standard InChI is InChI=1S/C20H28N6O2/c1-4-18(15-8-6-5-7-9-15)22-19(27)21-13-16-12-17-14-25(20(28)24(2)3)10-11-26(17)23-16/h5-9,12,18H,4,10-11,13-14H2,1-3H3,(H2,21,22,27)/t18-/m0/s1. The van der Waals surface area contributed by atoms with E-state index in [4.69, 9.17) is 0 Å². The monoisotopic (exact) mass is 384 g/mol. The van der Waals surface area contributed by atoms with E-state index >= 15 is 0 Å². The highest BCUT2D eigenvalue weighted by molar-refractivity contribution is 5.74. The predicted octanol–water partition coefficient (Wildman–Crippen LogP) is 2.33. The number of fused-ring (bicyclic) bond motifs is 1. The van der Waals surface area contributed by atoms with Crippen LogP contribution in [-0.2, 0) is 19.6 Å². The Morgan fingerprint density at radius 1 is 1.21 bits per heavy atom. The van der Waals surface area contributed by atoms with Crippen LogP contribution in [0.5, 0.6) is 0 Å². The molecule has 2 aromatic rings. The topological polar surface area (TPSA) is 82.5 Å². The van der Waals surface area contributed by atoms with Crippen molar-refractivity contribution in [2.45, 2.75) is 39.0 Å². The normalized spacial score (nSPS) is 14.2. The molecule has 0 radical (unpaired) electrons. The predicted molar refractivity (Wildman–Crippen MR) is 107 cm³/mol. The lowest BCUT2D eigenvalue weighted by atomic mass is 10.1. The molecule has 2 N–H and O–H groups in total. The second-order valence-electron chi connectivity index (χ2n) is 7.15. The van der Waals surface area contributed by atoms with Gasteiger partial charge in [0.25, 0.3) is 0 Å². The third-order valence-corrected chi connectivity index (χ3v) is 4.85. The van der Waals surface area contributed by atoms with Crippen molar-refractivity contribution >= 4 is 12.1 Å². The van der Waals surface area contributed by atoms with Gasteiger partial charge >= 0.3 is 12.1 Å². The van der Waals surface area contributed by atoms with E-state index < -0.39 is 0 Å². The molecule has 1 aromatic heterocycles. The van der Waals surface area contributed by atoms with Crippen LogP contribution >= 0.6 is 0 Å². The summed E-state index contributed by atoms with van der Waals surface area (Å²) in [5.74, 6) is 0. The largest absolute Gasteiger partial charge is 0.332 e. The maximum atomic E-state index is 12.3. The first kappa shape index (κ1) is 19.7. The van der Waals surface area contributed by atoms with Gasteiger partial charge in [-0.05, 0) is 18.1 Å². The third kappa shape index (κ3) is 4.62. The van der Waals surface area contributed by atoms with E-state index in [2.05, 4.69) is 15.7 Å². The van der Waals surface area contributed by atoms with Crippen LogP contribution in [0.15, 0.2) is 36.4 Å². The van der Waals surface area contributed by atoms with Gasteiger partial charge in [-0.1, -0.05) is 37.3 Å². The first-order valence-electron chi connectivity index (χ1n) is 9.59. The number of hydrogen-bond donors (Lipinski definition) is 2. The van der Waals surface area contributed by atoms with Crippen molar-refractivity contribution in [2.75, 3.05) is 20.6 Å². The average Bonchev–Trinajstić information content (AvgIpc) is 3.12. The number of urea groups is 2. The molecular weight excluding hydrogens is 356 g/mol. The van der Waals surface area contributed by atoms with Gasteiger partial charge in [-0.3, -0.25) is 4.68 Å². The molecule has 8 nitrogen and oxygen atoms in total. The molecule has 150 valence electrons. The average molecular weight is 384 g/mol. The Kier molecular flexibility index (Phi) is 6.18. The van der Waals surface area contributed by atoms with Gasteiger partial charge in [0.1, 0.15) is 0 Å². The number of nitrogens with zero attached hydrogens (tertiary/aromatic N) is 4.